The fourth-order valence-corrected chi connectivity index (χ4v) is 3.01. The molecule has 0 bridgehead atoms. The minimum absolute atomic E-state index is 0.0660. The van der Waals surface area contributed by atoms with E-state index in [1.54, 1.807) is 0 Å². The lowest BCUT2D eigenvalue weighted by Crippen LogP contribution is -2.34. The Labute approximate surface area is 117 Å². The number of rotatable bonds is 3. The van der Waals surface area contributed by atoms with Gasteiger partial charge in [0.05, 0.1) is 12.0 Å². The van der Waals surface area contributed by atoms with Crippen LogP contribution in [0.2, 0.25) is 0 Å². The van der Waals surface area contributed by atoms with Crippen LogP contribution in [0, 0.1) is 18.8 Å². The van der Waals surface area contributed by atoms with Crippen LogP contribution < -0.4 is 0 Å². The molecule has 3 atom stereocenters. The van der Waals surface area contributed by atoms with Crippen molar-refractivity contribution in [1.29, 1.82) is 0 Å². The second-order valence-electron chi connectivity index (χ2n) is 5.92. The van der Waals surface area contributed by atoms with E-state index < -0.39 is 18.2 Å². The normalized spacial score (nSPS) is 25.4. The summed E-state index contributed by atoms with van der Waals surface area (Å²) in [7, 11) is 0. The molecule has 112 valence electrons. The zero-order valence-corrected chi connectivity index (χ0v) is 11.7. The van der Waals surface area contributed by atoms with Crippen LogP contribution in [0.4, 0.5) is 13.2 Å². The van der Waals surface area contributed by atoms with Crippen LogP contribution in [-0.2, 0) is 6.42 Å². The van der Waals surface area contributed by atoms with Gasteiger partial charge in [-0.2, -0.15) is 13.2 Å². The molecule has 0 spiro atoms. The molecular weight excluding hydrogens is 265 g/mol. The minimum Gasteiger partial charge on any atom is -0.392 e. The first-order valence-corrected chi connectivity index (χ1v) is 7.16. The predicted octanol–water partition coefficient (Wildman–Crippen LogP) is 4.27. The molecular formula is C16H21F3O. The maximum absolute atomic E-state index is 12.8. The molecule has 0 radical (unpaired) electrons. The minimum atomic E-state index is -4.12. The molecule has 1 N–H and O–H groups in total. The molecule has 2 rings (SSSR count). The Morgan fingerprint density at radius 3 is 2.45 bits per heavy atom. The highest BCUT2D eigenvalue weighted by Crippen LogP contribution is 2.41. The predicted molar refractivity (Wildman–Crippen MR) is 72.4 cm³/mol. The van der Waals surface area contributed by atoms with E-state index in [2.05, 4.69) is 0 Å². The van der Waals surface area contributed by atoms with Crippen LogP contribution in [0.1, 0.15) is 36.8 Å². The van der Waals surface area contributed by atoms with Crippen molar-refractivity contribution in [2.75, 3.05) is 0 Å². The maximum Gasteiger partial charge on any atom is 0.391 e. The molecule has 0 amide bonds. The molecule has 1 aliphatic carbocycles. The molecule has 4 heteroatoms. The third kappa shape index (κ3) is 3.98. The molecule has 20 heavy (non-hydrogen) atoms. The molecule has 1 aromatic rings. The molecule has 1 aliphatic rings. The highest BCUT2D eigenvalue weighted by Gasteiger charge is 2.43. The first-order valence-electron chi connectivity index (χ1n) is 7.16. The van der Waals surface area contributed by atoms with Crippen molar-refractivity contribution < 1.29 is 18.3 Å². The van der Waals surface area contributed by atoms with Crippen molar-refractivity contribution in [2.45, 2.75) is 51.3 Å². The Bertz CT molecular complexity index is 424. The van der Waals surface area contributed by atoms with Gasteiger partial charge in [-0.05, 0) is 44.1 Å². The average molecular weight is 286 g/mol. The van der Waals surface area contributed by atoms with E-state index in [1.807, 2.05) is 31.2 Å². The zero-order valence-electron chi connectivity index (χ0n) is 11.7. The molecule has 0 aliphatic heterocycles. The highest BCUT2D eigenvalue weighted by atomic mass is 19.4. The summed E-state index contributed by atoms with van der Waals surface area (Å²) >= 11 is 0. The SMILES string of the molecule is Cc1ccc(CC(O)C2CCCC(C(F)(F)F)C2)cc1. The van der Waals surface area contributed by atoms with Gasteiger partial charge in [0.2, 0.25) is 0 Å². The van der Waals surface area contributed by atoms with Gasteiger partial charge in [0.1, 0.15) is 0 Å². The van der Waals surface area contributed by atoms with Crippen molar-refractivity contribution in [3.05, 3.63) is 35.4 Å². The average Bonchev–Trinajstić information content (AvgIpc) is 2.40. The van der Waals surface area contributed by atoms with E-state index in [1.165, 1.54) is 0 Å². The molecule has 0 saturated heterocycles. The van der Waals surface area contributed by atoms with Crippen LogP contribution in [-0.4, -0.2) is 17.4 Å². The van der Waals surface area contributed by atoms with E-state index in [0.717, 1.165) is 11.1 Å². The molecule has 1 aromatic carbocycles. The number of aliphatic hydroxyl groups excluding tert-OH is 1. The molecule has 1 nitrogen and oxygen atoms in total. The van der Waals surface area contributed by atoms with Crippen LogP contribution in [0.25, 0.3) is 0 Å². The van der Waals surface area contributed by atoms with Crippen molar-refractivity contribution >= 4 is 0 Å². The lowest BCUT2D eigenvalue weighted by atomic mass is 9.77. The van der Waals surface area contributed by atoms with E-state index >= 15 is 0 Å². The summed E-state index contributed by atoms with van der Waals surface area (Å²) in [6.07, 6.45) is -2.84. The number of aryl methyl sites for hydroxylation is 1. The smallest absolute Gasteiger partial charge is 0.391 e. The Balaban J connectivity index is 1.95. The summed E-state index contributed by atoms with van der Waals surface area (Å²) in [5, 5.41) is 10.2. The van der Waals surface area contributed by atoms with Crippen molar-refractivity contribution in [3.63, 3.8) is 0 Å². The summed E-state index contributed by atoms with van der Waals surface area (Å²) in [5.41, 5.74) is 2.12. The number of alkyl halides is 3. The van der Waals surface area contributed by atoms with Crippen molar-refractivity contribution in [2.24, 2.45) is 11.8 Å². The van der Waals surface area contributed by atoms with Gasteiger partial charge in [-0.1, -0.05) is 36.2 Å². The van der Waals surface area contributed by atoms with Crippen LogP contribution in [0.15, 0.2) is 24.3 Å². The molecule has 0 heterocycles. The van der Waals surface area contributed by atoms with Crippen LogP contribution in [0.5, 0.6) is 0 Å². The third-order valence-corrected chi connectivity index (χ3v) is 4.29. The van der Waals surface area contributed by atoms with Gasteiger partial charge in [0, 0.05) is 0 Å². The first-order chi connectivity index (χ1) is 9.36. The van der Waals surface area contributed by atoms with Gasteiger partial charge in [-0.25, -0.2) is 0 Å². The van der Waals surface area contributed by atoms with Gasteiger partial charge in [0.25, 0.3) is 0 Å². The lowest BCUT2D eigenvalue weighted by Gasteiger charge is -2.33. The van der Waals surface area contributed by atoms with Gasteiger partial charge >= 0.3 is 6.18 Å². The Morgan fingerprint density at radius 1 is 1.20 bits per heavy atom. The fraction of sp³-hybridized carbons (Fsp3) is 0.625. The van der Waals surface area contributed by atoms with Gasteiger partial charge in [0.15, 0.2) is 0 Å². The summed E-state index contributed by atoms with van der Waals surface area (Å²) in [4.78, 5) is 0. The quantitative estimate of drug-likeness (QED) is 0.880. The molecule has 1 saturated carbocycles. The van der Waals surface area contributed by atoms with Crippen LogP contribution >= 0.6 is 0 Å². The lowest BCUT2D eigenvalue weighted by molar-refractivity contribution is -0.188. The third-order valence-electron chi connectivity index (χ3n) is 4.29. The van der Waals surface area contributed by atoms with E-state index in [0.29, 0.717) is 19.3 Å². The van der Waals surface area contributed by atoms with E-state index in [9.17, 15) is 18.3 Å². The largest absolute Gasteiger partial charge is 0.392 e. The highest BCUT2D eigenvalue weighted by molar-refractivity contribution is 5.21. The first kappa shape index (κ1) is 15.4. The Kier molecular flexibility index (Phi) is 4.74. The second-order valence-corrected chi connectivity index (χ2v) is 5.92. The molecule has 1 fully saturated rings. The van der Waals surface area contributed by atoms with Gasteiger partial charge < -0.3 is 5.11 Å². The van der Waals surface area contributed by atoms with E-state index in [4.69, 9.17) is 0 Å². The number of halogens is 3. The number of aliphatic hydroxyl groups is 1. The molecule has 0 aromatic heterocycles. The van der Waals surface area contributed by atoms with Crippen molar-refractivity contribution in [3.8, 4) is 0 Å². The Morgan fingerprint density at radius 2 is 1.85 bits per heavy atom. The monoisotopic (exact) mass is 286 g/mol. The number of hydrogen-bond acceptors (Lipinski definition) is 1. The summed E-state index contributed by atoms with van der Waals surface area (Å²) in [6.45, 7) is 1.98. The standard InChI is InChI=1S/C16H21F3O/c1-11-5-7-12(8-6-11)9-15(20)13-3-2-4-14(10-13)16(17,18)19/h5-8,13-15,20H,2-4,9-10H2,1H3. The fourth-order valence-electron chi connectivity index (χ4n) is 3.01. The summed E-state index contributed by atoms with van der Waals surface area (Å²) < 4.78 is 38.3. The topological polar surface area (TPSA) is 20.2 Å². The van der Waals surface area contributed by atoms with Gasteiger partial charge in [-0.15, -0.1) is 0 Å². The zero-order chi connectivity index (χ0) is 14.8. The van der Waals surface area contributed by atoms with Crippen LogP contribution in [0.3, 0.4) is 0 Å². The van der Waals surface area contributed by atoms with E-state index in [-0.39, 0.29) is 18.8 Å². The summed E-state index contributed by atoms with van der Waals surface area (Å²) in [6, 6.07) is 7.79. The number of benzene rings is 1. The molecule has 3 unspecified atom stereocenters. The van der Waals surface area contributed by atoms with Crippen molar-refractivity contribution in [1.82, 2.24) is 0 Å². The second kappa shape index (κ2) is 6.17. The Hall–Kier alpha value is -1.03. The summed E-state index contributed by atoms with van der Waals surface area (Å²) in [5.74, 6) is -1.48. The van der Waals surface area contributed by atoms with Gasteiger partial charge in [-0.3, -0.25) is 0 Å². The number of hydrogen-bond donors (Lipinski definition) is 1. The maximum atomic E-state index is 12.8.